The van der Waals surface area contributed by atoms with Crippen LogP contribution in [0.25, 0.3) is 0 Å². The highest BCUT2D eigenvalue weighted by molar-refractivity contribution is 9.10. The normalized spacial score (nSPS) is 10.4. The molecule has 0 radical (unpaired) electrons. The molecule has 0 atom stereocenters. The number of nitrogens with two attached hydrogens (primary N) is 1. The molecular weight excluding hydrogens is 234 g/mol. The molecule has 72 valence electrons. The minimum atomic E-state index is 0.485. The van der Waals surface area contributed by atoms with E-state index in [1.54, 1.807) is 7.11 Å². The number of hydrogen-bond acceptors (Lipinski definition) is 4. The fourth-order valence-corrected chi connectivity index (χ4v) is 1.12. The van der Waals surface area contributed by atoms with Crippen LogP contribution in [0.5, 0.6) is 0 Å². The highest BCUT2D eigenvalue weighted by Gasteiger charge is 2.05. The van der Waals surface area contributed by atoms with E-state index in [0.29, 0.717) is 18.8 Å². The van der Waals surface area contributed by atoms with Crippen LogP contribution in [0.4, 0.5) is 5.82 Å². The summed E-state index contributed by atoms with van der Waals surface area (Å²) in [5.74, 6) is 1.21. The van der Waals surface area contributed by atoms with Crippen LogP contribution < -0.4 is 5.73 Å². The molecule has 2 N–H and O–H groups in total. The number of rotatable bonds is 3. The number of methoxy groups -OCH3 is 1. The molecule has 0 amide bonds. The lowest BCUT2D eigenvalue weighted by molar-refractivity contribution is 0.200. The van der Waals surface area contributed by atoms with Crippen LogP contribution in [0.15, 0.2) is 4.47 Å². The van der Waals surface area contributed by atoms with E-state index in [0.717, 1.165) is 16.0 Å². The van der Waals surface area contributed by atoms with Crippen LogP contribution in [0, 0.1) is 6.92 Å². The van der Waals surface area contributed by atoms with Crippen LogP contribution >= 0.6 is 15.9 Å². The van der Waals surface area contributed by atoms with E-state index in [9.17, 15) is 0 Å². The maximum absolute atomic E-state index is 5.65. The molecule has 1 aromatic heterocycles. The molecule has 0 aliphatic rings. The minimum absolute atomic E-state index is 0.485. The van der Waals surface area contributed by atoms with Crippen LogP contribution in [0.2, 0.25) is 0 Å². The number of nitrogens with zero attached hydrogens (tertiary/aromatic N) is 2. The third kappa shape index (κ3) is 2.63. The smallest absolute Gasteiger partial charge is 0.141 e. The molecular formula is C8H12BrN3O. The third-order valence-corrected chi connectivity index (χ3v) is 2.60. The Hall–Kier alpha value is -0.680. The number of hydrogen-bond donors (Lipinski definition) is 1. The minimum Gasteiger partial charge on any atom is -0.384 e. The van der Waals surface area contributed by atoms with E-state index in [4.69, 9.17) is 10.5 Å². The summed E-state index contributed by atoms with van der Waals surface area (Å²) in [6.45, 7) is 2.50. The van der Waals surface area contributed by atoms with E-state index >= 15 is 0 Å². The maximum Gasteiger partial charge on any atom is 0.141 e. The fraction of sp³-hybridized carbons (Fsp3) is 0.500. The molecule has 0 aliphatic carbocycles. The molecule has 0 aliphatic heterocycles. The quantitative estimate of drug-likeness (QED) is 0.873. The second-order valence-corrected chi connectivity index (χ2v) is 3.46. The largest absolute Gasteiger partial charge is 0.384 e. The number of nitrogen functional groups attached to an aromatic ring is 1. The predicted molar refractivity (Wildman–Crippen MR) is 54.5 cm³/mol. The van der Waals surface area contributed by atoms with Gasteiger partial charge < -0.3 is 10.5 Å². The second kappa shape index (κ2) is 4.53. The number of aryl methyl sites for hydroxylation is 1. The molecule has 0 saturated carbocycles. The van der Waals surface area contributed by atoms with Gasteiger partial charge in [0.15, 0.2) is 0 Å². The summed E-state index contributed by atoms with van der Waals surface area (Å²) < 4.78 is 5.70. The summed E-state index contributed by atoms with van der Waals surface area (Å²) in [7, 11) is 1.65. The Morgan fingerprint density at radius 2 is 2.15 bits per heavy atom. The Balaban J connectivity index is 2.86. The molecule has 1 rings (SSSR count). The van der Waals surface area contributed by atoms with Gasteiger partial charge in [-0.1, -0.05) is 0 Å². The number of anilines is 1. The van der Waals surface area contributed by atoms with Crippen LogP contribution in [-0.4, -0.2) is 23.7 Å². The molecule has 0 bridgehead atoms. The molecule has 0 spiro atoms. The fourth-order valence-electron chi connectivity index (χ4n) is 0.946. The van der Waals surface area contributed by atoms with Crippen molar-refractivity contribution in [3.8, 4) is 0 Å². The zero-order chi connectivity index (χ0) is 9.84. The van der Waals surface area contributed by atoms with Gasteiger partial charge in [-0.3, -0.25) is 0 Å². The lowest BCUT2D eigenvalue weighted by atomic mass is 10.3. The average Bonchev–Trinajstić information content (AvgIpc) is 2.10. The average molecular weight is 246 g/mol. The van der Waals surface area contributed by atoms with Crippen molar-refractivity contribution in [2.45, 2.75) is 13.3 Å². The van der Waals surface area contributed by atoms with Crippen molar-refractivity contribution < 1.29 is 4.74 Å². The SMILES string of the molecule is COCCc1nc(C)c(Br)c(N)n1. The zero-order valence-corrected chi connectivity index (χ0v) is 9.26. The molecule has 0 aromatic carbocycles. The van der Waals surface area contributed by atoms with Gasteiger partial charge in [0.25, 0.3) is 0 Å². The summed E-state index contributed by atoms with van der Waals surface area (Å²) in [5.41, 5.74) is 6.51. The Morgan fingerprint density at radius 3 is 2.69 bits per heavy atom. The van der Waals surface area contributed by atoms with Gasteiger partial charge >= 0.3 is 0 Å². The van der Waals surface area contributed by atoms with Crippen molar-refractivity contribution >= 4 is 21.7 Å². The van der Waals surface area contributed by atoms with Gasteiger partial charge in [-0.05, 0) is 22.9 Å². The molecule has 1 aromatic rings. The number of ether oxygens (including phenoxy) is 1. The zero-order valence-electron chi connectivity index (χ0n) is 7.67. The lowest BCUT2D eigenvalue weighted by Gasteiger charge is -2.04. The standard InChI is InChI=1S/C8H12BrN3O/c1-5-7(9)8(10)12-6(11-5)3-4-13-2/h3-4H2,1-2H3,(H2,10,11,12). The lowest BCUT2D eigenvalue weighted by Crippen LogP contribution is -2.05. The first-order valence-corrected chi connectivity index (χ1v) is 4.72. The van der Waals surface area contributed by atoms with E-state index in [-0.39, 0.29) is 0 Å². The first-order chi connectivity index (χ1) is 6.15. The second-order valence-electron chi connectivity index (χ2n) is 2.67. The van der Waals surface area contributed by atoms with Gasteiger partial charge in [-0.15, -0.1) is 0 Å². The van der Waals surface area contributed by atoms with Crippen molar-refractivity contribution in [3.05, 3.63) is 16.0 Å². The summed E-state index contributed by atoms with van der Waals surface area (Å²) in [4.78, 5) is 8.36. The van der Waals surface area contributed by atoms with Crippen molar-refractivity contribution in [1.82, 2.24) is 9.97 Å². The Morgan fingerprint density at radius 1 is 1.46 bits per heavy atom. The van der Waals surface area contributed by atoms with Crippen LogP contribution in [0.1, 0.15) is 11.5 Å². The molecule has 1 heterocycles. The number of halogens is 1. The third-order valence-electron chi connectivity index (χ3n) is 1.62. The molecule has 4 nitrogen and oxygen atoms in total. The molecule has 0 unspecified atom stereocenters. The van der Waals surface area contributed by atoms with Crippen LogP contribution in [-0.2, 0) is 11.2 Å². The van der Waals surface area contributed by atoms with E-state index in [2.05, 4.69) is 25.9 Å². The Labute approximate surface area is 85.7 Å². The molecule has 0 fully saturated rings. The van der Waals surface area contributed by atoms with E-state index < -0.39 is 0 Å². The van der Waals surface area contributed by atoms with Gasteiger partial charge in [0.1, 0.15) is 11.6 Å². The first kappa shape index (κ1) is 10.4. The van der Waals surface area contributed by atoms with E-state index in [1.165, 1.54) is 0 Å². The summed E-state index contributed by atoms with van der Waals surface area (Å²) >= 11 is 3.30. The van der Waals surface area contributed by atoms with Crippen LogP contribution in [0.3, 0.4) is 0 Å². The topological polar surface area (TPSA) is 61.0 Å². The predicted octanol–water partition coefficient (Wildman–Crippen LogP) is 1.32. The van der Waals surface area contributed by atoms with E-state index in [1.807, 2.05) is 6.92 Å². The van der Waals surface area contributed by atoms with Gasteiger partial charge in [-0.25, -0.2) is 9.97 Å². The number of aromatic nitrogens is 2. The van der Waals surface area contributed by atoms with Gasteiger partial charge in [0.2, 0.25) is 0 Å². The maximum atomic E-state index is 5.65. The Kier molecular flexibility index (Phi) is 3.62. The highest BCUT2D eigenvalue weighted by Crippen LogP contribution is 2.19. The van der Waals surface area contributed by atoms with Gasteiger partial charge in [-0.2, -0.15) is 0 Å². The van der Waals surface area contributed by atoms with Crippen molar-refractivity contribution in [2.75, 3.05) is 19.5 Å². The van der Waals surface area contributed by atoms with Gasteiger partial charge in [0, 0.05) is 13.5 Å². The monoisotopic (exact) mass is 245 g/mol. The molecule has 13 heavy (non-hydrogen) atoms. The summed E-state index contributed by atoms with van der Waals surface area (Å²) in [6.07, 6.45) is 0.689. The van der Waals surface area contributed by atoms with Gasteiger partial charge in [0.05, 0.1) is 16.8 Å². The summed E-state index contributed by atoms with van der Waals surface area (Å²) in [6, 6.07) is 0. The van der Waals surface area contributed by atoms with Crippen molar-refractivity contribution in [2.24, 2.45) is 0 Å². The van der Waals surface area contributed by atoms with Crippen molar-refractivity contribution in [3.63, 3.8) is 0 Å². The summed E-state index contributed by atoms with van der Waals surface area (Å²) in [5, 5.41) is 0. The first-order valence-electron chi connectivity index (χ1n) is 3.92. The molecule has 0 saturated heterocycles. The molecule has 5 heteroatoms. The Bertz CT molecular complexity index is 280. The highest BCUT2D eigenvalue weighted by atomic mass is 79.9. The van der Waals surface area contributed by atoms with Crippen molar-refractivity contribution in [1.29, 1.82) is 0 Å².